The summed E-state index contributed by atoms with van der Waals surface area (Å²) in [5.41, 5.74) is 13.8. The Bertz CT molecular complexity index is 1500. The second-order valence-corrected chi connectivity index (χ2v) is 9.07. The van der Waals surface area contributed by atoms with Gasteiger partial charge in [-0.2, -0.15) is 5.10 Å². The molecule has 7 nitrogen and oxygen atoms in total. The second-order valence-electron chi connectivity index (χ2n) is 9.07. The van der Waals surface area contributed by atoms with Crippen molar-refractivity contribution in [2.75, 3.05) is 0 Å². The minimum Gasteiger partial charge on any atom is -0.321 e. The molecular weight excluding hydrogens is 446 g/mol. The normalized spacial score (nSPS) is 16.1. The van der Waals surface area contributed by atoms with Crippen molar-refractivity contribution in [3.8, 4) is 22.4 Å². The molecule has 0 radical (unpaired) electrons. The fourth-order valence-electron chi connectivity index (χ4n) is 4.53. The van der Waals surface area contributed by atoms with E-state index in [0.717, 1.165) is 46.5 Å². The Kier molecular flexibility index (Phi) is 5.20. The first-order valence-electron chi connectivity index (χ1n) is 11.8. The zero-order valence-electron chi connectivity index (χ0n) is 19.7. The summed E-state index contributed by atoms with van der Waals surface area (Å²) in [6, 6.07) is 22.6. The van der Waals surface area contributed by atoms with Crippen LogP contribution in [0, 0.1) is 0 Å². The summed E-state index contributed by atoms with van der Waals surface area (Å²) in [7, 11) is 0. The minimum absolute atomic E-state index is 0.168. The first-order chi connectivity index (χ1) is 17.6. The summed E-state index contributed by atoms with van der Waals surface area (Å²) >= 11 is 0. The van der Waals surface area contributed by atoms with Gasteiger partial charge in [0.15, 0.2) is 5.82 Å². The molecule has 2 aromatic carbocycles. The average Bonchev–Trinajstić information content (AvgIpc) is 3.69. The first-order valence-corrected chi connectivity index (χ1v) is 11.8. The van der Waals surface area contributed by atoms with Crippen molar-refractivity contribution >= 4 is 17.6 Å². The smallest absolute Gasteiger partial charge is 0.201 e. The highest BCUT2D eigenvalue weighted by atomic mass is 15.3. The third-order valence-corrected chi connectivity index (χ3v) is 6.76. The van der Waals surface area contributed by atoms with E-state index in [0.29, 0.717) is 17.4 Å². The van der Waals surface area contributed by atoms with E-state index in [9.17, 15) is 0 Å². The molecule has 1 aliphatic carbocycles. The topological polar surface area (TPSA) is 106 Å². The van der Waals surface area contributed by atoms with Crippen molar-refractivity contribution in [1.29, 1.82) is 0 Å². The number of hydrogen-bond acceptors (Lipinski definition) is 6. The molecule has 4 aromatic rings. The SMILES string of the molecule is C=C1c2cc(-c3ccccc3)c(-c3ccc(C4(N)CC4)cc3)nc2C=CN1/C(=N\N)c1ncccn1. The van der Waals surface area contributed by atoms with Crippen molar-refractivity contribution in [3.05, 3.63) is 115 Å². The molecule has 176 valence electrons. The van der Waals surface area contributed by atoms with E-state index in [1.165, 1.54) is 5.56 Å². The summed E-state index contributed by atoms with van der Waals surface area (Å²) in [6.07, 6.45) is 9.15. The molecule has 36 heavy (non-hydrogen) atoms. The number of rotatable bonds is 4. The molecule has 1 aliphatic heterocycles. The molecule has 4 N–H and O–H groups in total. The third-order valence-electron chi connectivity index (χ3n) is 6.76. The van der Waals surface area contributed by atoms with E-state index in [4.69, 9.17) is 16.6 Å². The number of pyridine rings is 1. The molecule has 0 saturated heterocycles. The maximum Gasteiger partial charge on any atom is 0.201 e. The Morgan fingerprint density at radius 3 is 2.31 bits per heavy atom. The summed E-state index contributed by atoms with van der Waals surface area (Å²) in [5.74, 6) is 6.57. The molecule has 1 saturated carbocycles. The second kappa shape index (κ2) is 8.55. The van der Waals surface area contributed by atoms with E-state index in [1.807, 2.05) is 30.5 Å². The Hall–Kier alpha value is -4.62. The zero-order valence-corrected chi connectivity index (χ0v) is 19.7. The van der Waals surface area contributed by atoms with Crippen molar-refractivity contribution in [2.45, 2.75) is 18.4 Å². The van der Waals surface area contributed by atoms with Gasteiger partial charge >= 0.3 is 0 Å². The van der Waals surface area contributed by atoms with Crippen molar-refractivity contribution in [1.82, 2.24) is 19.9 Å². The van der Waals surface area contributed by atoms with Crippen LogP contribution in [0.5, 0.6) is 0 Å². The van der Waals surface area contributed by atoms with Gasteiger partial charge in [0, 0.05) is 46.5 Å². The molecule has 1 fully saturated rings. The fraction of sp³-hybridized carbons (Fsp3) is 0.103. The summed E-state index contributed by atoms with van der Waals surface area (Å²) in [6.45, 7) is 4.34. The highest BCUT2D eigenvalue weighted by molar-refractivity contribution is 6.03. The van der Waals surface area contributed by atoms with Crippen LogP contribution in [0.1, 0.15) is 35.5 Å². The lowest BCUT2D eigenvalue weighted by atomic mass is 9.93. The monoisotopic (exact) mass is 471 g/mol. The van der Waals surface area contributed by atoms with Crippen LogP contribution < -0.4 is 11.6 Å². The van der Waals surface area contributed by atoms with E-state index in [2.05, 4.69) is 64.1 Å². The van der Waals surface area contributed by atoms with Crippen molar-refractivity contribution in [2.24, 2.45) is 16.7 Å². The Morgan fingerprint density at radius 2 is 1.64 bits per heavy atom. The van der Waals surface area contributed by atoms with Crippen LogP contribution in [0.15, 0.2) is 97.0 Å². The largest absolute Gasteiger partial charge is 0.321 e. The summed E-state index contributed by atoms with van der Waals surface area (Å²) in [4.78, 5) is 15.5. The van der Waals surface area contributed by atoms with Gasteiger partial charge in [0.1, 0.15) is 0 Å². The molecule has 0 bridgehead atoms. The first kappa shape index (κ1) is 21.9. The lowest BCUT2D eigenvalue weighted by Crippen LogP contribution is -2.30. The number of benzene rings is 2. The Balaban J connectivity index is 1.46. The standard InChI is InChI=1S/C29H25N7/c1-19-23-18-24(20-6-3-2-4-7-20)26(21-8-10-22(11-9-21)29(30)13-14-29)34-25(23)12-17-36(19)28(35-31)27-32-15-5-16-33-27/h2-12,15-18H,1,13-14,30-31H2/b35-28-. The number of hydrazone groups is 1. The molecule has 7 heteroatoms. The third kappa shape index (κ3) is 3.76. The van der Waals surface area contributed by atoms with Crippen LogP contribution in [-0.2, 0) is 5.54 Å². The summed E-state index contributed by atoms with van der Waals surface area (Å²) in [5, 5.41) is 3.96. The van der Waals surface area contributed by atoms with Gasteiger partial charge in [0.2, 0.25) is 5.84 Å². The van der Waals surface area contributed by atoms with Crippen molar-refractivity contribution in [3.63, 3.8) is 0 Å². The van der Waals surface area contributed by atoms with Gasteiger partial charge in [-0.3, -0.25) is 4.90 Å². The van der Waals surface area contributed by atoms with E-state index >= 15 is 0 Å². The number of nitrogens with two attached hydrogens (primary N) is 2. The molecular formula is C29H25N7. The number of nitrogens with zero attached hydrogens (tertiary/aromatic N) is 5. The van der Waals surface area contributed by atoms with Gasteiger partial charge in [-0.25, -0.2) is 15.0 Å². The molecule has 3 heterocycles. The quantitative estimate of drug-likeness (QED) is 0.193. The fourth-order valence-corrected chi connectivity index (χ4v) is 4.53. The zero-order chi connectivity index (χ0) is 24.7. The molecule has 0 unspecified atom stereocenters. The van der Waals surface area contributed by atoms with Crippen LogP contribution >= 0.6 is 0 Å². The predicted octanol–water partition coefficient (Wildman–Crippen LogP) is 4.73. The van der Waals surface area contributed by atoms with Gasteiger partial charge in [-0.15, -0.1) is 0 Å². The lowest BCUT2D eigenvalue weighted by molar-refractivity contribution is 0.740. The number of hydrogen-bond donors (Lipinski definition) is 2. The van der Waals surface area contributed by atoms with E-state index < -0.39 is 0 Å². The average molecular weight is 472 g/mol. The van der Waals surface area contributed by atoms with Crippen LogP contribution in [0.4, 0.5) is 0 Å². The highest BCUT2D eigenvalue weighted by Gasteiger charge is 2.39. The van der Waals surface area contributed by atoms with Gasteiger partial charge < -0.3 is 11.6 Å². The molecule has 0 atom stereocenters. The number of amidine groups is 1. The van der Waals surface area contributed by atoms with Crippen LogP contribution in [0.25, 0.3) is 34.2 Å². The van der Waals surface area contributed by atoms with Gasteiger partial charge in [0.05, 0.1) is 11.4 Å². The maximum absolute atomic E-state index is 6.41. The number of aromatic nitrogens is 3. The minimum atomic E-state index is -0.168. The molecule has 6 rings (SSSR count). The van der Waals surface area contributed by atoms with E-state index in [1.54, 1.807) is 23.4 Å². The van der Waals surface area contributed by atoms with Gasteiger partial charge in [-0.1, -0.05) is 61.2 Å². The molecule has 0 spiro atoms. The van der Waals surface area contributed by atoms with Crippen LogP contribution in [0.2, 0.25) is 0 Å². The summed E-state index contributed by atoms with van der Waals surface area (Å²) < 4.78 is 0. The van der Waals surface area contributed by atoms with Crippen molar-refractivity contribution < 1.29 is 0 Å². The van der Waals surface area contributed by atoms with Crippen LogP contribution in [0.3, 0.4) is 0 Å². The number of fused-ring (bicyclic) bond motifs is 1. The molecule has 2 aliphatic rings. The maximum atomic E-state index is 6.41. The van der Waals surface area contributed by atoms with Gasteiger partial charge in [0.25, 0.3) is 0 Å². The lowest BCUT2D eigenvalue weighted by Gasteiger charge is -2.28. The Morgan fingerprint density at radius 1 is 0.917 bits per heavy atom. The predicted molar refractivity (Wildman–Crippen MR) is 143 cm³/mol. The Labute approximate surface area is 209 Å². The van der Waals surface area contributed by atoms with Gasteiger partial charge in [-0.05, 0) is 42.2 Å². The van der Waals surface area contributed by atoms with E-state index in [-0.39, 0.29) is 5.54 Å². The van der Waals surface area contributed by atoms with Crippen LogP contribution in [-0.4, -0.2) is 25.7 Å². The molecule has 2 aromatic heterocycles. The highest BCUT2D eigenvalue weighted by Crippen LogP contribution is 2.43. The molecule has 0 amide bonds.